The number of carbonyl (C=O) groups is 1. The Morgan fingerprint density at radius 1 is 1.23 bits per heavy atom. The first-order valence-electron chi connectivity index (χ1n) is 8.24. The van der Waals surface area contributed by atoms with Crippen LogP contribution in [0.15, 0.2) is 39.8 Å². The van der Waals surface area contributed by atoms with Crippen molar-refractivity contribution in [2.45, 2.75) is 32.2 Å². The second-order valence-electron chi connectivity index (χ2n) is 5.55. The van der Waals surface area contributed by atoms with Gasteiger partial charge in [-0.15, -0.1) is 0 Å². The molecular weight excluding hydrogens is 422 g/mol. The predicted molar refractivity (Wildman–Crippen MR) is 104 cm³/mol. The Morgan fingerprint density at radius 2 is 1.88 bits per heavy atom. The van der Waals surface area contributed by atoms with Crippen LogP contribution in [0.1, 0.15) is 31.3 Å². The molecule has 142 valence electrons. The first-order chi connectivity index (χ1) is 12.2. The number of carbonyl (C=O) groups excluding carboxylic acids is 1. The number of aromatic hydroxyl groups is 1. The zero-order valence-electron chi connectivity index (χ0n) is 14.9. The molecule has 1 aromatic carbocycles. The van der Waals surface area contributed by atoms with Crippen LogP contribution in [-0.2, 0) is 16.6 Å². The standard InChI is InChI=1S/C17H22BrN3O4S/c1-4-20-11-12(18)9-15(20)17(23)19-14-10-13(7-8-16(14)22)26(24,25)21(5-2)6-3/h7-11,22H,4-6H2,1-3H3,(H,19,23). The smallest absolute Gasteiger partial charge is 0.272 e. The molecule has 1 heterocycles. The van der Waals surface area contributed by atoms with E-state index in [0.29, 0.717) is 25.3 Å². The molecule has 2 N–H and O–H groups in total. The number of sulfonamides is 1. The summed E-state index contributed by atoms with van der Waals surface area (Å²) in [6.45, 7) is 6.66. The lowest BCUT2D eigenvalue weighted by molar-refractivity contribution is 0.101. The molecule has 0 saturated heterocycles. The van der Waals surface area contributed by atoms with Gasteiger partial charge in [0.2, 0.25) is 10.0 Å². The second-order valence-corrected chi connectivity index (χ2v) is 8.41. The van der Waals surface area contributed by atoms with E-state index in [2.05, 4.69) is 21.2 Å². The average molecular weight is 444 g/mol. The number of phenolic OH excluding ortho intramolecular Hbond substituents is 1. The van der Waals surface area contributed by atoms with Crippen molar-refractivity contribution in [1.29, 1.82) is 0 Å². The number of aromatic nitrogens is 1. The lowest BCUT2D eigenvalue weighted by atomic mass is 10.2. The first-order valence-corrected chi connectivity index (χ1v) is 10.5. The van der Waals surface area contributed by atoms with Gasteiger partial charge in [0.05, 0.1) is 10.6 Å². The molecule has 2 rings (SSSR count). The highest BCUT2D eigenvalue weighted by Gasteiger charge is 2.23. The van der Waals surface area contributed by atoms with E-state index >= 15 is 0 Å². The number of nitrogens with zero attached hydrogens (tertiary/aromatic N) is 2. The maximum absolute atomic E-state index is 12.6. The first kappa shape index (κ1) is 20.5. The minimum atomic E-state index is -3.69. The van der Waals surface area contributed by atoms with E-state index in [4.69, 9.17) is 0 Å². The van der Waals surface area contributed by atoms with Gasteiger partial charge in [-0.25, -0.2) is 8.42 Å². The second kappa shape index (κ2) is 8.24. The van der Waals surface area contributed by atoms with E-state index in [1.165, 1.54) is 22.5 Å². The molecule has 1 amide bonds. The van der Waals surface area contributed by atoms with E-state index in [9.17, 15) is 18.3 Å². The van der Waals surface area contributed by atoms with Crippen molar-refractivity contribution < 1.29 is 18.3 Å². The number of anilines is 1. The minimum Gasteiger partial charge on any atom is -0.506 e. The Kier molecular flexibility index (Phi) is 6.48. The van der Waals surface area contributed by atoms with Crippen LogP contribution < -0.4 is 5.32 Å². The number of aryl methyl sites for hydroxylation is 1. The molecule has 0 aliphatic rings. The maximum atomic E-state index is 12.6. The number of halogens is 1. The van der Waals surface area contributed by atoms with E-state index < -0.39 is 15.9 Å². The number of phenols is 1. The van der Waals surface area contributed by atoms with Gasteiger partial charge < -0.3 is 15.0 Å². The van der Waals surface area contributed by atoms with Gasteiger partial charge in [-0.05, 0) is 47.1 Å². The van der Waals surface area contributed by atoms with Crippen LogP contribution in [0.2, 0.25) is 0 Å². The number of hydrogen-bond acceptors (Lipinski definition) is 4. The summed E-state index contributed by atoms with van der Waals surface area (Å²) >= 11 is 3.33. The van der Waals surface area contributed by atoms with Crippen molar-refractivity contribution in [3.8, 4) is 5.75 Å². The third-order valence-electron chi connectivity index (χ3n) is 4.00. The molecule has 26 heavy (non-hydrogen) atoms. The van der Waals surface area contributed by atoms with Crippen LogP contribution in [0, 0.1) is 0 Å². The third kappa shape index (κ3) is 4.11. The summed E-state index contributed by atoms with van der Waals surface area (Å²) in [5, 5.41) is 12.6. The fourth-order valence-corrected chi connectivity index (χ4v) is 4.55. The van der Waals surface area contributed by atoms with Gasteiger partial charge in [-0.2, -0.15) is 4.31 Å². The van der Waals surface area contributed by atoms with Crippen molar-refractivity contribution in [3.63, 3.8) is 0 Å². The molecule has 0 aliphatic carbocycles. The van der Waals surface area contributed by atoms with Crippen LogP contribution in [0.4, 0.5) is 5.69 Å². The lowest BCUT2D eigenvalue weighted by Crippen LogP contribution is -2.30. The van der Waals surface area contributed by atoms with Crippen molar-refractivity contribution in [2.24, 2.45) is 0 Å². The molecule has 9 heteroatoms. The fraction of sp³-hybridized carbons (Fsp3) is 0.353. The summed E-state index contributed by atoms with van der Waals surface area (Å²) in [6.07, 6.45) is 1.77. The van der Waals surface area contributed by atoms with Crippen LogP contribution in [0.25, 0.3) is 0 Å². The van der Waals surface area contributed by atoms with E-state index in [0.717, 1.165) is 4.47 Å². The number of nitrogens with one attached hydrogen (secondary N) is 1. The van der Waals surface area contributed by atoms with Crippen molar-refractivity contribution in [2.75, 3.05) is 18.4 Å². The highest BCUT2D eigenvalue weighted by molar-refractivity contribution is 9.10. The SMILES string of the molecule is CCN(CC)S(=O)(=O)c1ccc(O)c(NC(=O)c2cc(Br)cn2CC)c1. The highest BCUT2D eigenvalue weighted by atomic mass is 79.9. The van der Waals surface area contributed by atoms with E-state index in [1.54, 1.807) is 30.7 Å². The average Bonchev–Trinajstić information content (AvgIpc) is 2.98. The van der Waals surface area contributed by atoms with Crippen molar-refractivity contribution in [1.82, 2.24) is 8.87 Å². The Hall–Kier alpha value is -1.84. The molecule has 0 radical (unpaired) electrons. The number of amides is 1. The maximum Gasteiger partial charge on any atom is 0.272 e. The Labute approximate surface area is 161 Å². The normalized spacial score (nSPS) is 11.7. The van der Waals surface area contributed by atoms with E-state index in [1.807, 2.05) is 6.92 Å². The van der Waals surface area contributed by atoms with Gasteiger partial charge in [0.1, 0.15) is 11.4 Å². The van der Waals surface area contributed by atoms with Crippen LogP contribution in [-0.4, -0.2) is 41.4 Å². The topological polar surface area (TPSA) is 91.6 Å². The van der Waals surface area contributed by atoms with Gasteiger partial charge in [0.25, 0.3) is 5.91 Å². The Morgan fingerprint density at radius 3 is 2.46 bits per heavy atom. The molecule has 0 saturated carbocycles. The third-order valence-corrected chi connectivity index (χ3v) is 6.48. The monoisotopic (exact) mass is 443 g/mol. The largest absolute Gasteiger partial charge is 0.506 e. The number of rotatable bonds is 7. The molecule has 0 bridgehead atoms. The fourth-order valence-electron chi connectivity index (χ4n) is 2.60. The number of benzene rings is 1. The molecule has 0 fully saturated rings. The van der Waals surface area contributed by atoms with Crippen molar-refractivity contribution in [3.05, 3.63) is 40.6 Å². The molecular formula is C17H22BrN3O4S. The van der Waals surface area contributed by atoms with Gasteiger partial charge >= 0.3 is 0 Å². The van der Waals surface area contributed by atoms with E-state index in [-0.39, 0.29) is 16.3 Å². The van der Waals surface area contributed by atoms with Gasteiger partial charge in [0.15, 0.2) is 0 Å². The van der Waals surface area contributed by atoms with Crippen molar-refractivity contribution >= 4 is 37.5 Å². The molecule has 0 atom stereocenters. The summed E-state index contributed by atoms with van der Waals surface area (Å²) in [6, 6.07) is 5.52. The molecule has 1 aromatic heterocycles. The van der Waals surface area contributed by atoms with Crippen LogP contribution in [0.3, 0.4) is 0 Å². The molecule has 0 aliphatic heterocycles. The molecule has 7 nitrogen and oxygen atoms in total. The van der Waals surface area contributed by atoms with Gasteiger partial charge in [0, 0.05) is 30.3 Å². The van der Waals surface area contributed by atoms with Gasteiger partial charge in [-0.3, -0.25) is 4.79 Å². The summed E-state index contributed by atoms with van der Waals surface area (Å²) in [7, 11) is -3.69. The molecule has 2 aromatic rings. The van der Waals surface area contributed by atoms with Gasteiger partial charge in [-0.1, -0.05) is 13.8 Å². The Balaban J connectivity index is 2.37. The minimum absolute atomic E-state index is 0.0151. The predicted octanol–water partition coefficient (Wildman–Crippen LogP) is 3.26. The van der Waals surface area contributed by atoms with Crippen LogP contribution in [0.5, 0.6) is 5.75 Å². The zero-order valence-corrected chi connectivity index (χ0v) is 17.3. The highest BCUT2D eigenvalue weighted by Crippen LogP contribution is 2.29. The summed E-state index contributed by atoms with van der Waals surface area (Å²) in [5.74, 6) is -0.643. The number of hydrogen-bond donors (Lipinski definition) is 2. The zero-order chi connectivity index (χ0) is 19.5. The Bertz CT molecular complexity index is 905. The lowest BCUT2D eigenvalue weighted by Gasteiger charge is -2.19. The summed E-state index contributed by atoms with van der Waals surface area (Å²) in [5.41, 5.74) is 0.444. The van der Waals surface area contributed by atoms with Crippen LogP contribution >= 0.6 is 15.9 Å². The quantitative estimate of drug-likeness (QED) is 0.642. The summed E-state index contributed by atoms with van der Waals surface area (Å²) in [4.78, 5) is 12.6. The molecule has 0 unspecified atom stereocenters. The molecule has 0 spiro atoms. The summed E-state index contributed by atoms with van der Waals surface area (Å²) < 4.78 is 29.1.